The maximum atomic E-state index is 9.58. The summed E-state index contributed by atoms with van der Waals surface area (Å²) in [6.07, 6.45) is 0. The van der Waals surface area contributed by atoms with Crippen molar-refractivity contribution in [2.45, 2.75) is 0 Å². The molecule has 0 atom stereocenters. The van der Waals surface area contributed by atoms with E-state index in [0.717, 1.165) is 42.6 Å². The monoisotopic (exact) mass is 315 g/mol. The fraction of sp³-hybridized carbons (Fsp3) is 0.0500. The lowest BCUT2D eigenvalue weighted by Gasteiger charge is -2.03. The Kier molecular flexibility index (Phi) is 3.25. The molecule has 110 valence electrons. The molecule has 0 aliphatic rings. The molecule has 3 heteroatoms. The van der Waals surface area contributed by atoms with Gasteiger partial charge in [-0.25, -0.2) is 0 Å². The van der Waals surface area contributed by atoms with Crippen molar-refractivity contribution in [3.05, 3.63) is 65.5 Å². The van der Waals surface area contributed by atoms with E-state index in [-0.39, 0.29) is 0 Å². The van der Waals surface area contributed by atoms with Crippen molar-refractivity contribution in [1.29, 1.82) is 5.26 Å². The zero-order valence-electron chi connectivity index (χ0n) is 12.5. The molecule has 0 aliphatic heterocycles. The average molecular weight is 315 g/mol. The van der Waals surface area contributed by atoms with Crippen LogP contribution in [-0.4, -0.2) is 7.11 Å². The highest BCUT2D eigenvalue weighted by molar-refractivity contribution is 7.18. The minimum absolute atomic E-state index is 0.766. The van der Waals surface area contributed by atoms with Crippen LogP contribution in [0, 0.1) is 11.3 Å². The lowest BCUT2D eigenvalue weighted by molar-refractivity contribution is 0.415. The minimum atomic E-state index is 0.766. The van der Waals surface area contributed by atoms with E-state index < -0.39 is 0 Å². The first-order chi connectivity index (χ1) is 11.3. The Balaban J connectivity index is 2.04. The van der Waals surface area contributed by atoms with Crippen LogP contribution in [0.25, 0.3) is 32.0 Å². The first-order valence-electron chi connectivity index (χ1n) is 7.30. The van der Waals surface area contributed by atoms with Crippen LogP contribution >= 0.6 is 11.3 Å². The van der Waals surface area contributed by atoms with Gasteiger partial charge in [0.1, 0.15) is 16.7 Å². The lowest BCUT2D eigenvalue weighted by Crippen LogP contribution is -1.81. The van der Waals surface area contributed by atoms with E-state index in [9.17, 15) is 5.26 Å². The number of benzene rings is 3. The third kappa shape index (κ3) is 2.16. The number of methoxy groups -OCH3 is 1. The highest BCUT2D eigenvalue weighted by Gasteiger charge is 2.15. The van der Waals surface area contributed by atoms with Crippen molar-refractivity contribution >= 4 is 32.9 Å². The molecule has 0 radical (unpaired) electrons. The van der Waals surface area contributed by atoms with Crippen molar-refractivity contribution in [2.75, 3.05) is 7.11 Å². The number of nitriles is 1. The Morgan fingerprint density at radius 2 is 1.70 bits per heavy atom. The molecular weight excluding hydrogens is 302 g/mol. The van der Waals surface area contributed by atoms with E-state index >= 15 is 0 Å². The number of thiophene rings is 1. The number of hydrogen-bond acceptors (Lipinski definition) is 3. The smallest absolute Gasteiger partial charge is 0.118 e. The SMILES string of the molecule is COc1ccc(-c2sc(C#N)c3c2ccc2ccccc23)cc1. The van der Waals surface area contributed by atoms with Gasteiger partial charge in [-0.05, 0) is 40.6 Å². The molecule has 0 saturated carbocycles. The summed E-state index contributed by atoms with van der Waals surface area (Å²) in [5, 5.41) is 14.1. The van der Waals surface area contributed by atoms with Crippen LogP contribution in [0.5, 0.6) is 5.75 Å². The van der Waals surface area contributed by atoms with Crippen molar-refractivity contribution < 1.29 is 4.74 Å². The standard InChI is InChI=1S/C20H13NOS/c1-22-15-9-6-14(7-10-15)20-17-11-8-13-4-2-3-5-16(13)19(17)18(12-21)23-20/h2-11H,1H3. The maximum Gasteiger partial charge on any atom is 0.118 e. The van der Waals surface area contributed by atoms with E-state index in [1.54, 1.807) is 18.4 Å². The Morgan fingerprint density at radius 3 is 2.43 bits per heavy atom. The van der Waals surface area contributed by atoms with Gasteiger partial charge in [-0.15, -0.1) is 11.3 Å². The summed E-state index contributed by atoms with van der Waals surface area (Å²) in [5.41, 5.74) is 1.11. The van der Waals surface area contributed by atoms with Crippen LogP contribution < -0.4 is 4.74 Å². The van der Waals surface area contributed by atoms with Gasteiger partial charge >= 0.3 is 0 Å². The molecule has 0 unspecified atom stereocenters. The molecule has 0 spiro atoms. The summed E-state index contributed by atoms with van der Waals surface area (Å²) in [6, 6.07) is 22.8. The second-order valence-electron chi connectivity index (χ2n) is 5.31. The zero-order chi connectivity index (χ0) is 15.8. The van der Waals surface area contributed by atoms with E-state index in [1.807, 2.05) is 36.4 Å². The minimum Gasteiger partial charge on any atom is -0.497 e. The lowest BCUT2D eigenvalue weighted by atomic mass is 10.0. The summed E-state index contributed by atoms with van der Waals surface area (Å²) in [5.74, 6) is 0.834. The van der Waals surface area contributed by atoms with Crippen molar-refractivity contribution in [2.24, 2.45) is 0 Å². The molecule has 4 rings (SSSR count). The normalized spacial score (nSPS) is 10.8. The van der Waals surface area contributed by atoms with Gasteiger partial charge in [0.05, 0.1) is 7.11 Å². The number of fused-ring (bicyclic) bond motifs is 3. The Morgan fingerprint density at radius 1 is 0.913 bits per heavy atom. The third-order valence-electron chi connectivity index (χ3n) is 4.06. The molecule has 3 aromatic carbocycles. The van der Waals surface area contributed by atoms with Gasteiger partial charge in [0.2, 0.25) is 0 Å². The van der Waals surface area contributed by atoms with Gasteiger partial charge in [0.25, 0.3) is 0 Å². The number of hydrogen-bond donors (Lipinski definition) is 0. The first-order valence-corrected chi connectivity index (χ1v) is 8.12. The van der Waals surface area contributed by atoms with E-state index in [2.05, 4.69) is 30.3 Å². The average Bonchev–Trinajstić information content (AvgIpc) is 3.01. The van der Waals surface area contributed by atoms with Gasteiger partial charge in [-0.3, -0.25) is 0 Å². The molecule has 0 N–H and O–H groups in total. The first kappa shape index (κ1) is 13.8. The van der Waals surface area contributed by atoms with Crippen molar-refractivity contribution in [1.82, 2.24) is 0 Å². The fourth-order valence-electron chi connectivity index (χ4n) is 2.95. The van der Waals surface area contributed by atoms with E-state index in [0.29, 0.717) is 0 Å². The van der Waals surface area contributed by atoms with Crippen LogP contribution in [0.4, 0.5) is 0 Å². The highest BCUT2D eigenvalue weighted by Crippen LogP contribution is 2.42. The quantitative estimate of drug-likeness (QED) is 0.482. The van der Waals surface area contributed by atoms with Crippen molar-refractivity contribution in [3.63, 3.8) is 0 Å². The molecule has 0 fully saturated rings. The number of ether oxygens (including phenoxy) is 1. The number of nitrogens with zero attached hydrogens (tertiary/aromatic N) is 1. The maximum absolute atomic E-state index is 9.58. The molecule has 0 aliphatic carbocycles. The van der Waals surface area contributed by atoms with Crippen LogP contribution in [0.2, 0.25) is 0 Å². The molecule has 0 saturated heterocycles. The van der Waals surface area contributed by atoms with Crippen LogP contribution in [0.1, 0.15) is 4.88 Å². The predicted octanol–water partition coefficient (Wildman–Crippen LogP) is 5.60. The third-order valence-corrected chi connectivity index (χ3v) is 5.22. The molecule has 2 nitrogen and oxygen atoms in total. The van der Waals surface area contributed by atoms with E-state index in [4.69, 9.17) is 4.74 Å². The molecule has 0 bridgehead atoms. The summed E-state index contributed by atoms with van der Waals surface area (Å²) in [4.78, 5) is 1.90. The molecule has 1 aromatic heterocycles. The molecule has 23 heavy (non-hydrogen) atoms. The van der Waals surface area contributed by atoms with Crippen LogP contribution in [-0.2, 0) is 0 Å². The fourth-order valence-corrected chi connectivity index (χ4v) is 4.05. The molecule has 1 heterocycles. The van der Waals surface area contributed by atoms with Gasteiger partial charge in [0, 0.05) is 15.6 Å². The highest BCUT2D eigenvalue weighted by atomic mass is 32.1. The van der Waals surface area contributed by atoms with Crippen molar-refractivity contribution in [3.8, 4) is 22.3 Å². The molecule has 4 aromatic rings. The summed E-state index contributed by atoms with van der Waals surface area (Å²) in [7, 11) is 1.66. The molecular formula is C20H13NOS. The van der Waals surface area contributed by atoms with Crippen LogP contribution in [0.3, 0.4) is 0 Å². The van der Waals surface area contributed by atoms with Gasteiger partial charge < -0.3 is 4.74 Å². The number of rotatable bonds is 2. The zero-order valence-corrected chi connectivity index (χ0v) is 13.4. The van der Waals surface area contributed by atoms with E-state index in [1.165, 1.54) is 0 Å². The second-order valence-corrected chi connectivity index (χ2v) is 6.33. The largest absolute Gasteiger partial charge is 0.497 e. The van der Waals surface area contributed by atoms with Crippen LogP contribution in [0.15, 0.2) is 60.7 Å². The predicted molar refractivity (Wildman–Crippen MR) is 96.0 cm³/mol. The summed E-state index contributed by atoms with van der Waals surface area (Å²) in [6.45, 7) is 0. The Bertz CT molecular complexity index is 1050. The summed E-state index contributed by atoms with van der Waals surface area (Å²) < 4.78 is 5.23. The second kappa shape index (κ2) is 5.42. The van der Waals surface area contributed by atoms with Gasteiger partial charge in [-0.2, -0.15) is 5.26 Å². The Hall–Kier alpha value is -2.83. The summed E-state index contributed by atoms with van der Waals surface area (Å²) >= 11 is 1.55. The van der Waals surface area contributed by atoms with Gasteiger partial charge in [0.15, 0.2) is 0 Å². The topological polar surface area (TPSA) is 33.0 Å². The molecule has 0 amide bonds. The van der Waals surface area contributed by atoms with Gasteiger partial charge in [-0.1, -0.05) is 36.4 Å². The Labute approximate surface area is 138 Å².